The van der Waals surface area contributed by atoms with Crippen molar-refractivity contribution >= 4 is 11.9 Å². The smallest absolute Gasteiger partial charge is 0.309 e. The fourth-order valence-corrected chi connectivity index (χ4v) is 4.46. The van der Waals surface area contributed by atoms with Gasteiger partial charge >= 0.3 is 11.9 Å². The predicted molar refractivity (Wildman–Crippen MR) is 139 cm³/mol. The molecule has 0 aromatic carbocycles. The first-order valence-electron chi connectivity index (χ1n) is 14.1. The number of carbonyl (C=O) groups excluding carboxylic acids is 2. The molecule has 0 spiro atoms. The summed E-state index contributed by atoms with van der Waals surface area (Å²) in [6.45, 7) is 14.3. The second-order valence-electron chi connectivity index (χ2n) is 10.7. The summed E-state index contributed by atoms with van der Waals surface area (Å²) >= 11 is 0. The van der Waals surface area contributed by atoms with Gasteiger partial charge in [0.1, 0.15) is 0 Å². The van der Waals surface area contributed by atoms with Gasteiger partial charge in [0.2, 0.25) is 0 Å². The maximum absolute atomic E-state index is 12.5. The first-order chi connectivity index (χ1) is 15.8. The standard InChI is InChI=1S/C29H56O4/c1-7-26(27(8-2)29(31)33-23-17-19-25(5)6)20-14-12-10-9-11-13-15-21-28(30)32-22-16-18-24(3)4/h24-27H,7-23H2,1-6H3. The zero-order chi connectivity index (χ0) is 24.9. The van der Waals surface area contributed by atoms with Gasteiger partial charge in [-0.2, -0.15) is 0 Å². The zero-order valence-electron chi connectivity index (χ0n) is 23.0. The molecule has 0 radical (unpaired) electrons. The van der Waals surface area contributed by atoms with Gasteiger partial charge in [-0.15, -0.1) is 0 Å². The highest BCUT2D eigenvalue weighted by molar-refractivity contribution is 5.72. The summed E-state index contributed by atoms with van der Waals surface area (Å²) in [4.78, 5) is 24.3. The van der Waals surface area contributed by atoms with E-state index < -0.39 is 0 Å². The quantitative estimate of drug-likeness (QED) is 0.118. The van der Waals surface area contributed by atoms with Crippen molar-refractivity contribution in [2.24, 2.45) is 23.7 Å². The number of ether oxygens (including phenoxy) is 2. The Bertz CT molecular complexity index is 472. The number of hydrogen-bond acceptors (Lipinski definition) is 4. The van der Waals surface area contributed by atoms with Crippen molar-refractivity contribution in [3.05, 3.63) is 0 Å². The van der Waals surface area contributed by atoms with E-state index in [1.54, 1.807) is 0 Å². The molecule has 0 saturated heterocycles. The SMILES string of the molecule is CCC(CCCCCCCCCC(=O)OCCCC(C)C)C(CC)C(=O)OCCCC(C)C. The highest BCUT2D eigenvalue weighted by atomic mass is 16.5. The largest absolute Gasteiger partial charge is 0.466 e. The van der Waals surface area contributed by atoms with Crippen molar-refractivity contribution in [3.8, 4) is 0 Å². The molecule has 0 bridgehead atoms. The van der Waals surface area contributed by atoms with Crippen LogP contribution >= 0.6 is 0 Å². The molecule has 0 heterocycles. The first-order valence-corrected chi connectivity index (χ1v) is 14.1. The molecule has 0 aliphatic carbocycles. The Kier molecular flexibility index (Phi) is 20.8. The van der Waals surface area contributed by atoms with Gasteiger partial charge in [-0.25, -0.2) is 0 Å². The Hall–Kier alpha value is -1.06. The molecule has 33 heavy (non-hydrogen) atoms. The number of rotatable bonds is 22. The summed E-state index contributed by atoms with van der Waals surface area (Å²) in [5, 5.41) is 0. The normalized spacial score (nSPS) is 13.3. The third-order valence-corrected chi connectivity index (χ3v) is 6.65. The van der Waals surface area contributed by atoms with Crippen LogP contribution in [-0.4, -0.2) is 25.2 Å². The van der Waals surface area contributed by atoms with Crippen molar-refractivity contribution < 1.29 is 19.1 Å². The Morgan fingerprint density at radius 3 is 1.64 bits per heavy atom. The van der Waals surface area contributed by atoms with Crippen molar-refractivity contribution in [2.75, 3.05) is 13.2 Å². The molecule has 2 unspecified atom stereocenters. The van der Waals surface area contributed by atoms with Gasteiger partial charge in [0.15, 0.2) is 0 Å². The van der Waals surface area contributed by atoms with Gasteiger partial charge in [0.25, 0.3) is 0 Å². The van der Waals surface area contributed by atoms with Crippen LogP contribution < -0.4 is 0 Å². The average Bonchev–Trinajstić information content (AvgIpc) is 2.77. The molecule has 0 aliphatic heterocycles. The van der Waals surface area contributed by atoms with E-state index in [2.05, 4.69) is 41.5 Å². The summed E-state index contributed by atoms with van der Waals surface area (Å²) in [5.74, 6) is 1.82. The van der Waals surface area contributed by atoms with Crippen LogP contribution in [0.2, 0.25) is 0 Å². The van der Waals surface area contributed by atoms with Crippen molar-refractivity contribution in [1.29, 1.82) is 0 Å². The number of carbonyl (C=O) groups is 2. The van der Waals surface area contributed by atoms with Crippen molar-refractivity contribution in [2.45, 2.75) is 138 Å². The summed E-state index contributed by atoms with van der Waals surface area (Å²) < 4.78 is 10.9. The monoisotopic (exact) mass is 468 g/mol. The van der Waals surface area contributed by atoms with E-state index in [9.17, 15) is 9.59 Å². The summed E-state index contributed by atoms with van der Waals surface area (Å²) in [6, 6.07) is 0. The molecular weight excluding hydrogens is 412 g/mol. The van der Waals surface area contributed by atoms with Crippen LogP contribution in [0.4, 0.5) is 0 Å². The molecule has 0 amide bonds. The summed E-state index contributed by atoms with van der Waals surface area (Å²) in [6.07, 6.45) is 15.9. The molecule has 4 nitrogen and oxygen atoms in total. The minimum Gasteiger partial charge on any atom is -0.466 e. The predicted octanol–water partition coefficient (Wildman–Crippen LogP) is 8.51. The lowest BCUT2D eigenvalue weighted by atomic mass is 9.84. The maximum Gasteiger partial charge on any atom is 0.309 e. The molecular formula is C29H56O4. The second-order valence-corrected chi connectivity index (χ2v) is 10.7. The third-order valence-electron chi connectivity index (χ3n) is 6.65. The van der Waals surface area contributed by atoms with Gasteiger partial charge in [0.05, 0.1) is 19.1 Å². The second kappa shape index (κ2) is 21.5. The van der Waals surface area contributed by atoms with E-state index >= 15 is 0 Å². The molecule has 0 aliphatic rings. The Morgan fingerprint density at radius 2 is 1.12 bits per heavy atom. The fourth-order valence-electron chi connectivity index (χ4n) is 4.46. The van der Waals surface area contributed by atoms with Gasteiger partial charge < -0.3 is 9.47 Å². The summed E-state index contributed by atoms with van der Waals surface area (Å²) in [7, 11) is 0. The molecule has 0 N–H and O–H groups in total. The van der Waals surface area contributed by atoms with Crippen molar-refractivity contribution in [1.82, 2.24) is 0 Å². The average molecular weight is 469 g/mol. The lowest BCUT2D eigenvalue weighted by Gasteiger charge is -2.24. The van der Waals surface area contributed by atoms with Gasteiger partial charge in [-0.1, -0.05) is 86.5 Å². The van der Waals surface area contributed by atoms with Crippen LogP contribution in [0, 0.1) is 23.7 Å². The van der Waals surface area contributed by atoms with Crippen LogP contribution in [0.1, 0.15) is 138 Å². The lowest BCUT2D eigenvalue weighted by Crippen LogP contribution is -2.25. The Morgan fingerprint density at radius 1 is 0.606 bits per heavy atom. The number of hydrogen-bond donors (Lipinski definition) is 0. The Labute approximate surface area is 206 Å². The van der Waals surface area contributed by atoms with Gasteiger partial charge in [-0.05, 0) is 62.7 Å². The van der Waals surface area contributed by atoms with E-state index in [-0.39, 0.29) is 17.9 Å². The Balaban J connectivity index is 3.80. The molecule has 196 valence electrons. The van der Waals surface area contributed by atoms with E-state index in [1.165, 1.54) is 32.1 Å². The van der Waals surface area contributed by atoms with E-state index in [0.717, 1.165) is 57.8 Å². The topological polar surface area (TPSA) is 52.6 Å². The molecule has 0 fully saturated rings. The van der Waals surface area contributed by atoms with Gasteiger partial charge in [-0.3, -0.25) is 9.59 Å². The zero-order valence-corrected chi connectivity index (χ0v) is 23.0. The first kappa shape index (κ1) is 31.9. The summed E-state index contributed by atoms with van der Waals surface area (Å²) in [5.41, 5.74) is 0. The minimum absolute atomic E-state index is 0.0200. The van der Waals surface area contributed by atoms with Crippen molar-refractivity contribution in [3.63, 3.8) is 0 Å². The molecule has 0 rings (SSSR count). The third kappa shape index (κ3) is 19.0. The fraction of sp³-hybridized carbons (Fsp3) is 0.931. The minimum atomic E-state index is -0.0340. The molecule has 0 aromatic heterocycles. The molecule has 4 heteroatoms. The highest BCUT2D eigenvalue weighted by Crippen LogP contribution is 2.27. The van der Waals surface area contributed by atoms with Crippen LogP contribution in [0.3, 0.4) is 0 Å². The van der Waals surface area contributed by atoms with Crippen LogP contribution in [-0.2, 0) is 19.1 Å². The molecule has 0 aromatic rings. The molecule has 2 atom stereocenters. The van der Waals surface area contributed by atoms with Gasteiger partial charge in [0, 0.05) is 6.42 Å². The lowest BCUT2D eigenvalue weighted by molar-refractivity contribution is -0.151. The van der Waals surface area contributed by atoms with E-state index in [1.807, 2.05) is 0 Å². The molecule has 0 saturated carbocycles. The van der Waals surface area contributed by atoms with Crippen LogP contribution in [0.5, 0.6) is 0 Å². The van der Waals surface area contributed by atoms with E-state index in [0.29, 0.717) is 37.4 Å². The number of unbranched alkanes of at least 4 members (excludes halogenated alkanes) is 6. The van der Waals surface area contributed by atoms with Crippen LogP contribution in [0.15, 0.2) is 0 Å². The maximum atomic E-state index is 12.5. The highest BCUT2D eigenvalue weighted by Gasteiger charge is 2.26. The van der Waals surface area contributed by atoms with E-state index in [4.69, 9.17) is 9.47 Å². The van der Waals surface area contributed by atoms with Crippen LogP contribution in [0.25, 0.3) is 0 Å². The number of esters is 2.